The topological polar surface area (TPSA) is 98.9 Å². The van der Waals surface area contributed by atoms with Gasteiger partial charge in [-0.3, -0.25) is 0 Å². The number of esters is 1. The second-order valence-corrected chi connectivity index (χ2v) is 4.88. The van der Waals surface area contributed by atoms with Crippen LogP contribution in [0.4, 0.5) is 10.1 Å². The lowest BCUT2D eigenvalue weighted by Gasteiger charge is -2.10. The Bertz CT molecular complexity index is 954. The van der Waals surface area contributed by atoms with Crippen molar-refractivity contribution < 1.29 is 13.9 Å². The van der Waals surface area contributed by atoms with Gasteiger partial charge in [0, 0.05) is 30.3 Å². The fraction of sp³-hybridized carbons (Fsp3) is 0.0625. The van der Waals surface area contributed by atoms with Crippen LogP contribution in [0.3, 0.4) is 0 Å². The fourth-order valence-electron chi connectivity index (χ4n) is 2.37. The van der Waals surface area contributed by atoms with Gasteiger partial charge in [-0.1, -0.05) is 0 Å². The zero-order chi connectivity index (χ0) is 17.3. The summed E-state index contributed by atoms with van der Waals surface area (Å²) in [7, 11) is 1.20. The third-order valence-electron chi connectivity index (χ3n) is 3.54. The minimum atomic E-state index is -0.715. The SMILES string of the molecule is COC(=O)c1c(N)c(C#N)cn1-c1ccc(-n2ccnc2)c(F)c1. The Kier molecular flexibility index (Phi) is 3.75. The molecule has 0 atom stereocenters. The van der Waals surface area contributed by atoms with Crippen LogP contribution in [0.2, 0.25) is 0 Å². The highest BCUT2D eigenvalue weighted by Crippen LogP contribution is 2.26. The molecule has 8 heteroatoms. The Morgan fingerprint density at radius 1 is 1.46 bits per heavy atom. The standard InChI is InChI=1S/C16H12FN5O2/c1-24-16(23)15-14(19)10(7-18)8-22(15)11-2-3-13(12(17)6-11)21-5-4-20-9-21/h2-6,8-9H,19H2,1H3. The van der Waals surface area contributed by atoms with Gasteiger partial charge in [0.15, 0.2) is 5.69 Å². The van der Waals surface area contributed by atoms with Crippen LogP contribution >= 0.6 is 0 Å². The summed E-state index contributed by atoms with van der Waals surface area (Å²) in [6, 6.07) is 6.27. The first kappa shape index (κ1) is 15.3. The van der Waals surface area contributed by atoms with E-state index in [4.69, 9.17) is 15.7 Å². The number of anilines is 1. The smallest absolute Gasteiger partial charge is 0.357 e. The van der Waals surface area contributed by atoms with Crippen molar-refractivity contribution in [1.29, 1.82) is 5.26 Å². The minimum absolute atomic E-state index is 0.0107. The summed E-state index contributed by atoms with van der Waals surface area (Å²) in [5.41, 5.74) is 6.53. The van der Waals surface area contributed by atoms with Gasteiger partial charge in [0.1, 0.15) is 11.9 Å². The molecule has 3 rings (SSSR count). The normalized spacial score (nSPS) is 10.4. The molecule has 0 aliphatic rings. The van der Waals surface area contributed by atoms with Crippen LogP contribution in [0, 0.1) is 17.1 Å². The maximum Gasteiger partial charge on any atom is 0.357 e. The first-order chi connectivity index (χ1) is 11.6. The zero-order valence-electron chi connectivity index (χ0n) is 12.6. The van der Waals surface area contributed by atoms with Crippen molar-refractivity contribution in [2.75, 3.05) is 12.8 Å². The number of halogens is 1. The van der Waals surface area contributed by atoms with Crippen LogP contribution in [0.5, 0.6) is 0 Å². The number of carbonyl (C=O) groups is 1. The molecule has 0 bridgehead atoms. The molecule has 2 aromatic heterocycles. The molecule has 2 heterocycles. The highest BCUT2D eigenvalue weighted by Gasteiger charge is 2.22. The van der Waals surface area contributed by atoms with Gasteiger partial charge < -0.3 is 19.6 Å². The second-order valence-electron chi connectivity index (χ2n) is 4.88. The zero-order valence-corrected chi connectivity index (χ0v) is 12.6. The maximum atomic E-state index is 14.4. The van der Waals surface area contributed by atoms with E-state index in [0.29, 0.717) is 11.4 Å². The molecule has 2 N–H and O–H groups in total. The second kappa shape index (κ2) is 5.89. The molecule has 1 aromatic carbocycles. The lowest BCUT2D eigenvalue weighted by Crippen LogP contribution is -2.11. The number of ether oxygens (including phenoxy) is 1. The number of hydrogen-bond acceptors (Lipinski definition) is 5. The Morgan fingerprint density at radius 3 is 2.83 bits per heavy atom. The first-order valence-electron chi connectivity index (χ1n) is 6.84. The number of nitrogens with zero attached hydrogens (tertiary/aromatic N) is 4. The Morgan fingerprint density at radius 2 is 2.25 bits per heavy atom. The van der Waals surface area contributed by atoms with Crippen LogP contribution in [0.15, 0.2) is 43.1 Å². The predicted molar refractivity (Wildman–Crippen MR) is 83.3 cm³/mol. The molecular weight excluding hydrogens is 313 g/mol. The molecule has 0 aliphatic heterocycles. The summed E-state index contributed by atoms with van der Waals surface area (Å²) in [5, 5.41) is 9.10. The van der Waals surface area contributed by atoms with Gasteiger partial charge in [-0.25, -0.2) is 14.2 Å². The lowest BCUT2D eigenvalue weighted by molar-refractivity contribution is 0.0593. The molecule has 0 aliphatic carbocycles. The van der Waals surface area contributed by atoms with E-state index >= 15 is 0 Å². The largest absolute Gasteiger partial charge is 0.464 e. The molecule has 120 valence electrons. The van der Waals surface area contributed by atoms with E-state index in [-0.39, 0.29) is 16.9 Å². The average Bonchev–Trinajstić information content (AvgIpc) is 3.21. The summed E-state index contributed by atoms with van der Waals surface area (Å²) in [6.45, 7) is 0. The fourth-order valence-corrected chi connectivity index (χ4v) is 2.37. The summed E-state index contributed by atoms with van der Waals surface area (Å²) < 4.78 is 22.0. The van der Waals surface area contributed by atoms with E-state index in [0.717, 1.165) is 0 Å². The number of hydrogen-bond donors (Lipinski definition) is 1. The molecular formula is C16H12FN5O2. The molecule has 0 amide bonds. The lowest BCUT2D eigenvalue weighted by atomic mass is 10.2. The molecule has 0 unspecified atom stereocenters. The highest BCUT2D eigenvalue weighted by atomic mass is 19.1. The third-order valence-corrected chi connectivity index (χ3v) is 3.54. The van der Waals surface area contributed by atoms with Gasteiger partial charge in [0.05, 0.1) is 30.4 Å². The monoisotopic (exact) mass is 325 g/mol. The van der Waals surface area contributed by atoms with Crippen LogP contribution < -0.4 is 5.73 Å². The number of benzene rings is 1. The summed E-state index contributed by atoms with van der Waals surface area (Å²) >= 11 is 0. The number of rotatable bonds is 3. The highest BCUT2D eigenvalue weighted by molar-refractivity contribution is 5.95. The number of nitrogens with two attached hydrogens (primary N) is 1. The predicted octanol–water partition coefficient (Wildman–Crippen LogP) is 2.04. The third kappa shape index (κ3) is 2.38. The Hall–Kier alpha value is -3.60. The van der Waals surface area contributed by atoms with E-state index < -0.39 is 11.8 Å². The minimum Gasteiger partial charge on any atom is -0.464 e. The van der Waals surface area contributed by atoms with Gasteiger partial charge in [-0.05, 0) is 12.1 Å². The van der Waals surface area contributed by atoms with Crippen molar-refractivity contribution in [3.8, 4) is 17.4 Å². The summed E-state index contributed by atoms with van der Waals surface area (Å²) in [5.74, 6) is -1.24. The van der Waals surface area contributed by atoms with Crippen molar-refractivity contribution in [1.82, 2.24) is 14.1 Å². The van der Waals surface area contributed by atoms with Crippen LogP contribution in [-0.2, 0) is 4.74 Å². The number of carbonyl (C=O) groups excluding carboxylic acids is 1. The van der Waals surface area contributed by atoms with Crippen molar-refractivity contribution in [2.45, 2.75) is 0 Å². The molecule has 0 fully saturated rings. The molecule has 0 spiro atoms. The number of nitriles is 1. The van der Waals surface area contributed by atoms with Crippen molar-refractivity contribution in [2.24, 2.45) is 0 Å². The van der Waals surface area contributed by atoms with E-state index in [1.807, 2.05) is 6.07 Å². The van der Waals surface area contributed by atoms with Crippen molar-refractivity contribution in [3.05, 3.63) is 60.2 Å². The van der Waals surface area contributed by atoms with Gasteiger partial charge in [0.2, 0.25) is 0 Å². The number of aromatic nitrogens is 3. The molecule has 3 aromatic rings. The van der Waals surface area contributed by atoms with E-state index in [2.05, 4.69) is 4.98 Å². The quantitative estimate of drug-likeness (QED) is 0.743. The van der Waals surface area contributed by atoms with Crippen LogP contribution in [-0.4, -0.2) is 27.2 Å². The van der Waals surface area contributed by atoms with Crippen molar-refractivity contribution in [3.63, 3.8) is 0 Å². The molecule has 0 saturated carbocycles. The maximum absolute atomic E-state index is 14.4. The number of nitrogen functional groups attached to an aromatic ring is 1. The van der Waals surface area contributed by atoms with Gasteiger partial charge in [-0.2, -0.15) is 5.26 Å². The van der Waals surface area contributed by atoms with E-state index in [9.17, 15) is 9.18 Å². The first-order valence-corrected chi connectivity index (χ1v) is 6.84. The van der Waals surface area contributed by atoms with Gasteiger partial charge >= 0.3 is 5.97 Å². The Balaban J connectivity index is 2.15. The summed E-state index contributed by atoms with van der Waals surface area (Å²) in [6.07, 6.45) is 5.99. The number of imidazole rings is 1. The van der Waals surface area contributed by atoms with Crippen LogP contribution in [0.1, 0.15) is 16.1 Å². The summed E-state index contributed by atoms with van der Waals surface area (Å²) in [4.78, 5) is 15.8. The van der Waals surface area contributed by atoms with Crippen LogP contribution in [0.25, 0.3) is 11.4 Å². The average molecular weight is 325 g/mol. The molecule has 24 heavy (non-hydrogen) atoms. The van der Waals surface area contributed by atoms with E-state index in [1.165, 1.54) is 47.1 Å². The number of methoxy groups -OCH3 is 1. The molecule has 0 radical (unpaired) electrons. The van der Waals surface area contributed by atoms with Gasteiger partial charge in [-0.15, -0.1) is 0 Å². The van der Waals surface area contributed by atoms with E-state index in [1.54, 1.807) is 12.3 Å². The molecule has 0 saturated heterocycles. The Labute approximate surface area is 136 Å². The van der Waals surface area contributed by atoms with Gasteiger partial charge in [0.25, 0.3) is 0 Å². The molecule has 7 nitrogen and oxygen atoms in total. The van der Waals surface area contributed by atoms with Crippen molar-refractivity contribution >= 4 is 11.7 Å².